The predicted molar refractivity (Wildman–Crippen MR) is 184 cm³/mol. The SMILES string of the molecule is CCOC(=O)C1=C(C)N=c2s/c(=C\c3cc(I)cc(OC)c3OCc3ccc(C(=O)OCC)cc3)c(=O)n2[C@H]1c1ccccc1Cl. The van der Waals surface area contributed by atoms with Gasteiger partial charge in [-0.25, -0.2) is 14.6 Å². The summed E-state index contributed by atoms with van der Waals surface area (Å²) in [5.74, 6) is -0.0200. The van der Waals surface area contributed by atoms with Crippen molar-refractivity contribution >= 4 is 63.5 Å². The van der Waals surface area contributed by atoms with Gasteiger partial charge < -0.3 is 18.9 Å². The summed E-state index contributed by atoms with van der Waals surface area (Å²) in [5, 5.41) is 0.409. The van der Waals surface area contributed by atoms with E-state index in [4.69, 9.17) is 30.5 Å². The van der Waals surface area contributed by atoms with Crippen LogP contribution in [0.4, 0.5) is 0 Å². The number of methoxy groups -OCH3 is 1. The Hall–Kier alpha value is -3.94. The van der Waals surface area contributed by atoms with Crippen LogP contribution in [-0.4, -0.2) is 36.8 Å². The summed E-state index contributed by atoms with van der Waals surface area (Å²) in [4.78, 5) is 44.5. The van der Waals surface area contributed by atoms with E-state index >= 15 is 0 Å². The van der Waals surface area contributed by atoms with E-state index in [1.54, 1.807) is 82.5 Å². The quantitative estimate of drug-likeness (QED) is 0.148. The number of hydrogen-bond donors (Lipinski definition) is 0. The Morgan fingerprint density at radius 1 is 1.04 bits per heavy atom. The summed E-state index contributed by atoms with van der Waals surface area (Å²) in [6, 6.07) is 17.0. The van der Waals surface area contributed by atoms with Crippen LogP contribution in [-0.2, 0) is 20.9 Å². The Bertz CT molecular complexity index is 2020. The zero-order chi connectivity index (χ0) is 33.0. The highest BCUT2D eigenvalue weighted by molar-refractivity contribution is 14.1. The molecule has 0 bridgehead atoms. The normalized spacial score (nSPS) is 14.4. The van der Waals surface area contributed by atoms with Crippen molar-refractivity contribution in [2.45, 2.75) is 33.4 Å². The lowest BCUT2D eigenvalue weighted by atomic mass is 9.96. The Balaban J connectivity index is 1.59. The molecule has 0 radical (unpaired) electrons. The number of benzene rings is 3. The van der Waals surface area contributed by atoms with Crippen molar-refractivity contribution in [1.29, 1.82) is 0 Å². The van der Waals surface area contributed by atoms with Gasteiger partial charge in [0.05, 0.1) is 41.7 Å². The maximum Gasteiger partial charge on any atom is 0.338 e. The molecule has 0 aliphatic carbocycles. The zero-order valence-corrected chi connectivity index (χ0v) is 29.2. The summed E-state index contributed by atoms with van der Waals surface area (Å²) >= 11 is 10.0. The third-order valence-electron chi connectivity index (χ3n) is 7.12. The molecule has 0 saturated heterocycles. The summed E-state index contributed by atoms with van der Waals surface area (Å²) in [7, 11) is 1.55. The molecular weight excluding hydrogens is 743 g/mol. The Labute approximate surface area is 287 Å². The van der Waals surface area contributed by atoms with E-state index in [0.29, 0.717) is 54.8 Å². The van der Waals surface area contributed by atoms with E-state index in [0.717, 1.165) is 9.13 Å². The van der Waals surface area contributed by atoms with Gasteiger partial charge in [0.15, 0.2) is 16.3 Å². The highest BCUT2D eigenvalue weighted by Crippen LogP contribution is 2.36. The van der Waals surface area contributed by atoms with Crippen molar-refractivity contribution in [3.8, 4) is 11.5 Å². The third kappa shape index (κ3) is 6.91. The molecule has 0 spiro atoms. The fourth-order valence-corrected chi connectivity index (χ4v) is 6.93. The van der Waals surface area contributed by atoms with Gasteiger partial charge >= 0.3 is 11.9 Å². The molecule has 9 nitrogen and oxygen atoms in total. The maximum atomic E-state index is 14.2. The molecule has 0 amide bonds. The van der Waals surface area contributed by atoms with Gasteiger partial charge in [0.25, 0.3) is 5.56 Å². The van der Waals surface area contributed by atoms with Gasteiger partial charge in [-0.1, -0.05) is 53.3 Å². The van der Waals surface area contributed by atoms with Gasteiger partial charge in [-0.05, 0) is 90.9 Å². The van der Waals surface area contributed by atoms with Crippen LogP contribution in [0.1, 0.15) is 53.9 Å². The first-order valence-corrected chi connectivity index (χ1v) is 16.6. The van der Waals surface area contributed by atoms with E-state index in [1.165, 1.54) is 15.9 Å². The van der Waals surface area contributed by atoms with Gasteiger partial charge in [0.2, 0.25) is 0 Å². The number of hydrogen-bond acceptors (Lipinski definition) is 9. The number of rotatable bonds is 10. The lowest BCUT2D eigenvalue weighted by molar-refractivity contribution is -0.139. The standard InChI is InChI=1S/C34H30ClIN2O7S/c1-5-43-32(40)21-13-11-20(12-14-21)18-45-30-22(15-23(36)17-26(30)42-4)16-27-31(39)38-29(24-9-7-8-10-25(24)35)28(33(41)44-6-2)19(3)37-34(38)46-27/h7-17,29H,5-6,18H2,1-4H3/b27-16-/t29-/m0/s1. The van der Waals surface area contributed by atoms with Crippen LogP contribution < -0.4 is 24.4 Å². The van der Waals surface area contributed by atoms with Gasteiger partial charge in [-0.3, -0.25) is 9.36 Å². The van der Waals surface area contributed by atoms with Crippen LogP contribution in [0.3, 0.4) is 0 Å². The number of halogens is 2. The number of thiazole rings is 1. The van der Waals surface area contributed by atoms with Crippen LogP contribution in [0.15, 0.2) is 81.7 Å². The first-order valence-electron chi connectivity index (χ1n) is 14.4. The first kappa shape index (κ1) is 33.4. The molecule has 3 aromatic carbocycles. The van der Waals surface area contributed by atoms with Crippen LogP contribution in [0.5, 0.6) is 11.5 Å². The molecule has 12 heteroatoms. The molecule has 0 unspecified atom stereocenters. The zero-order valence-electron chi connectivity index (χ0n) is 25.5. The van der Waals surface area contributed by atoms with Gasteiger partial charge in [-0.2, -0.15) is 0 Å². The van der Waals surface area contributed by atoms with Crippen molar-refractivity contribution in [1.82, 2.24) is 4.57 Å². The number of esters is 2. The number of nitrogens with zero attached hydrogens (tertiary/aromatic N) is 2. The Morgan fingerprint density at radius 2 is 1.74 bits per heavy atom. The fourth-order valence-electron chi connectivity index (χ4n) is 5.03. The molecule has 1 aliphatic rings. The molecular formula is C34H30ClIN2O7S. The monoisotopic (exact) mass is 772 g/mol. The molecule has 46 heavy (non-hydrogen) atoms. The number of aromatic nitrogens is 1. The number of carbonyl (C=O) groups excluding carboxylic acids is 2. The largest absolute Gasteiger partial charge is 0.493 e. The van der Waals surface area contributed by atoms with Crippen molar-refractivity contribution < 1.29 is 28.5 Å². The molecule has 1 atom stereocenters. The maximum absolute atomic E-state index is 14.2. The Morgan fingerprint density at radius 3 is 2.41 bits per heavy atom. The molecule has 2 heterocycles. The van der Waals surface area contributed by atoms with E-state index in [9.17, 15) is 14.4 Å². The topological polar surface area (TPSA) is 105 Å². The smallest absolute Gasteiger partial charge is 0.338 e. The molecule has 0 fully saturated rings. The molecule has 1 aromatic heterocycles. The van der Waals surface area contributed by atoms with Crippen LogP contribution in [0, 0.1) is 3.57 Å². The van der Waals surface area contributed by atoms with Crippen molar-refractivity contribution in [3.05, 3.63) is 122 Å². The Kier molecular flexibility index (Phi) is 10.6. The predicted octanol–water partition coefficient (Wildman–Crippen LogP) is 5.82. The average molecular weight is 773 g/mol. The van der Waals surface area contributed by atoms with E-state index in [2.05, 4.69) is 27.6 Å². The second kappa shape index (κ2) is 14.7. The minimum Gasteiger partial charge on any atom is -0.493 e. The second-order valence-corrected chi connectivity index (χ2v) is 12.7. The van der Waals surface area contributed by atoms with Gasteiger partial charge in [0, 0.05) is 14.2 Å². The lowest BCUT2D eigenvalue weighted by Crippen LogP contribution is -2.40. The number of fused-ring (bicyclic) bond motifs is 1. The summed E-state index contributed by atoms with van der Waals surface area (Å²) in [6.07, 6.45) is 1.74. The number of carbonyl (C=O) groups is 2. The first-order chi connectivity index (χ1) is 22.2. The van der Waals surface area contributed by atoms with E-state index in [1.807, 2.05) is 12.1 Å². The number of ether oxygens (including phenoxy) is 4. The number of allylic oxidation sites excluding steroid dienone is 1. The molecule has 0 N–H and O–H groups in total. The highest BCUT2D eigenvalue weighted by atomic mass is 127. The minimum atomic E-state index is -0.829. The van der Waals surface area contributed by atoms with Crippen molar-refractivity contribution in [3.63, 3.8) is 0 Å². The lowest BCUT2D eigenvalue weighted by Gasteiger charge is -2.25. The minimum absolute atomic E-state index is 0.169. The molecule has 0 saturated carbocycles. The second-order valence-electron chi connectivity index (χ2n) is 10.1. The van der Waals surface area contributed by atoms with Crippen LogP contribution in [0.2, 0.25) is 5.02 Å². The third-order valence-corrected chi connectivity index (χ3v) is 9.07. The van der Waals surface area contributed by atoms with Gasteiger partial charge in [0.1, 0.15) is 12.6 Å². The van der Waals surface area contributed by atoms with E-state index < -0.39 is 12.0 Å². The molecule has 238 valence electrons. The highest BCUT2D eigenvalue weighted by Gasteiger charge is 2.34. The summed E-state index contributed by atoms with van der Waals surface area (Å²) in [5.41, 5.74) is 2.83. The van der Waals surface area contributed by atoms with Crippen molar-refractivity contribution in [2.75, 3.05) is 20.3 Å². The average Bonchev–Trinajstić information content (AvgIpc) is 3.34. The van der Waals surface area contributed by atoms with Gasteiger partial charge in [-0.15, -0.1) is 0 Å². The fraction of sp³-hybridized carbons (Fsp3) is 0.235. The van der Waals surface area contributed by atoms with Crippen molar-refractivity contribution in [2.24, 2.45) is 4.99 Å². The summed E-state index contributed by atoms with van der Waals surface area (Å²) < 4.78 is 25.1. The molecule has 1 aliphatic heterocycles. The van der Waals surface area contributed by atoms with Crippen LogP contribution >= 0.6 is 45.5 Å². The van der Waals surface area contributed by atoms with E-state index in [-0.39, 0.29) is 30.3 Å². The van der Waals surface area contributed by atoms with Crippen LogP contribution in [0.25, 0.3) is 6.08 Å². The molecule has 4 aromatic rings. The summed E-state index contributed by atoms with van der Waals surface area (Å²) in [6.45, 7) is 5.85. The molecule has 5 rings (SSSR count).